The van der Waals surface area contributed by atoms with Crippen molar-refractivity contribution in [2.24, 2.45) is 5.92 Å². The first kappa shape index (κ1) is 19.4. The van der Waals surface area contributed by atoms with Crippen molar-refractivity contribution < 1.29 is 14.3 Å². The molecular weight excluding hydrogens is 332 g/mol. The molecule has 0 atom stereocenters. The molecule has 1 amide bonds. The summed E-state index contributed by atoms with van der Waals surface area (Å²) in [5.41, 5.74) is 0.948. The Balaban J connectivity index is 1.79. The van der Waals surface area contributed by atoms with E-state index >= 15 is 0 Å². The van der Waals surface area contributed by atoms with E-state index in [0.717, 1.165) is 0 Å². The second kappa shape index (κ2) is 9.56. The van der Waals surface area contributed by atoms with Gasteiger partial charge in [0.15, 0.2) is 11.5 Å². The van der Waals surface area contributed by atoms with E-state index in [0.29, 0.717) is 23.8 Å². The number of aromatic amines is 1. The van der Waals surface area contributed by atoms with Gasteiger partial charge in [-0.25, -0.2) is 0 Å². The Morgan fingerprint density at radius 1 is 1.15 bits per heavy atom. The van der Waals surface area contributed by atoms with Crippen LogP contribution in [0.25, 0.3) is 0 Å². The fourth-order valence-corrected chi connectivity index (χ4v) is 2.25. The molecular formula is C20H24N2O4. The first-order valence-corrected chi connectivity index (χ1v) is 8.65. The van der Waals surface area contributed by atoms with E-state index in [1.54, 1.807) is 24.3 Å². The maximum atomic E-state index is 12.0. The standard InChI is InChI=1S/C20H24N2O4/c1-14(2)13-26-19-12-21-16(10-18(19)24)11-22-20(25)9-8-17(23)15-6-4-3-5-7-15/h3-7,10,12,14H,8-9,11,13H2,1-2H3,(H,21,24)(H,22,25). The summed E-state index contributed by atoms with van der Waals surface area (Å²) in [4.78, 5) is 38.8. The summed E-state index contributed by atoms with van der Waals surface area (Å²) in [6.45, 7) is 4.66. The van der Waals surface area contributed by atoms with Gasteiger partial charge < -0.3 is 15.0 Å². The Morgan fingerprint density at radius 2 is 1.88 bits per heavy atom. The van der Waals surface area contributed by atoms with E-state index < -0.39 is 0 Å². The predicted octanol–water partition coefficient (Wildman–Crippen LogP) is 2.69. The van der Waals surface area contributed by atoms with Gasteiger partial charge in [-0.15, -0.1) is 0 Å². The molecule has 1 heterocycles. The average Bonchev–Trinajstić information content (AvgIpc) is 2.64. The third kappa shape index (κ3) is 6.20. The number of carbonyl (C=O) groups is 2. The molecule has 2 aromatic rings. The van der Waals surface area contributed by atoms with Crippen LogP contribution in [-0.4, -0.2) is 23.3 Å². The maximum absolute atomic E-state index is 12.0. The van der Waals surface area contributed by atoms with E-state index in [4.69, 9.17) is 4.74 Å². The molecule has 0 fully saturated rings. The summed E-state index contributed by atoms with van der Waals surface area (Å²) in [5.74, 6) is 0.283. The third-order valence-electron chi connectivity index (χ3n) is 3.66. The molecule has 6 nitrogen and oxygen atoms in total. The number of pyridine rings is 1. The second-order valence-corrected chi connectivity index (χ2v) is 6.46. The van der Waals surface area contributed by atoms with Crippen molar-refractivity contribution in [3.8, 4) is 5.75 Å². The zero-order chi connectivity index (χ0) is 18.9. The van der Waals surface area contributed by atoms with Crippen molar-refractivity contribution in [2.45, 2.75) is 33.2 Å². The average molecular weight is 356 g/mol. The van der Waals surface area contributed by atoms with Crippen molar-refractivity contribution in [1.29, 1.82) is 0 Å². The topological polar surface area (TPSA) is 88.3 Å². The molecule has 6 heteroatoms. The SMILES string of the molecule is CC(C)COc1c[nH]c(CNC(=O)CCC(=O)c2ccccc2)cc1=O. The number of nitrogens with one attached hydrogen (secondary N) is 2. The van der Waals surface area contributed by atoms with Gasteiger partial charge in [0.05, 0.1) is 13.2 Å². The van der Waals surface area contributed by atoms with Crippen LogP contribution in [0.4, 0.5) is 0 Å². The Hall–Kier alpha value is -2.89. The minimum Gasteiger partial charge on any atom is -0.488 e. The Labute approximate surface area is 152 Å². The third-order valence-corrected chi connectivity index (χ3v) is 3.66. The molecule has 0 bridgehead atoms. The molecule has 0 saturated carbocycles. The first-order chi connectivity index (χ1) is 12.5. The van der Waals surface area contributed by atoms with Gasteiger partial charge in [-0.05, 0) is 5.92 Å². The summed E-state index contributed by atoms with van der Waals surface area (Å²) >= 11 is 0. The Morgan fingerprint density at radius 3 is 2.54 bits per heavy atom. The van der Waals surface area contributed by atoms with Gasteiger partial charge in [0, 0.05) is 36.4 Å². The fraction of sp³-hybridized carbons (Fsp3) is 0.350. The Bertz CT molecular complexity index is 797. The number of aromatic nitrogens is 1. The van der Waals surface area contributed by atoms with Crippen LogP contribution in [0.3, 0.4) is 0 Å². The van der Waals surface area contributed by atoms with E-state index in [1.165, 1.54) is 12.3 Å². The molecule has 0 radical (unpaired) electrons. The number of H-pyrrole nitrogens is 1. The van der Waals surface area contributed by atoms with Crippen molar-refractivity contribution in [1.82, 2.24) is 10.3 Å². The summed E-state index contributed by atoms with van der Waals surface area (Å²) in [7, 11) is 0. The largest absolute Gasteiger partial charge is 0.488 e. The zero-order valence-electron chi connectivity index (χ0n) is 15.1. The number of hydrogen-bond donors (Lipinski definition) is 2. The van der Waals surface area contributed by atoms with Gasteiger partial charge in [-0.1, -0.05) is 44.2 Å². The van der Waals surface area contributed by atoms with Gasteiger partial charge in [0.2, 0.25) is 11.3 Å². The summed E-state index contributed by atoms with van der Waals surface area (Å²) in [6.07, 6.45) is 1.76. The monoisotopic (exact) mass is 356 g/mol. The van der Waals surface area contributed by atoms with Crippen molar-refractivity contribution >= 4 is 11.7 Å². The quantitative estimate of drug-likeness (QED) is 0.676. The van der Waals surface area contributed by atoms with Gasteiger partial charge >= 0.3 is 0 Å². The lowest BCUT2D eigenvalue weighted by molar-refractivity contribution is -0.121. The molecule has 1 aromatic carbocycles. The lowest BCUT2D eigenvalue weighted by Crippen LogP contribution is -2.24. The summed E-state index contributed by atoms with van der Waals surface area (Å²) in [5, 5.41) is 2.70. The van der Waals surface area contributed by atoms with E-state index in [-0.39, 0.29) is 42.3 Å². The van der Waals surface area contributed by atoms with Gasteiger partial charge in [0.1, 0.15) is 0 Å². The van der Waals surface area contributed by atoms with E-state index in [1.807, 2.05) is 19.9 Å². The molecule has 138 valence electrons. The minimum absolute atomic E-state index is 0.0687. The summed E-state index contributed by atoms with van der Waals surface area (Å²) in [6, 6.07) is 10.3. The lowest BCUT2D eigenvalue weighted by Gasteiger charge is -2.09. The highest BCUT2D eigenvalue weighted by Gasteiger charge is 2.09. The number of amides is 1. The van der Waals surface area contributed by atoms with Crippen molar-refractivity contribution in [2.75, 3.05) is 6.61 Å². The lowest BCUT2D eigenvalue weighted by atomic mass is 10.1. The van der Waals surface area contributed by atoms with Crippen LogP contribution in [0, 0.1) is 5.92 Å². The number of carbonyl (C=O) groups excluding carboxylic acids is 2. The van der Waals surface area contributed by atoms with E-state index in [2.05, 4.69) is 10.3 Å². The molecule has 0 unspecified atom stereocenters. The highest BCUT2D eigenvalue weighted by atomic mass is 16.5. The number of Topliss-reactive ketones (excluding diaryl/α,β-unsaturated/α-hetero) is 1. The smallest absolute Gasteiger partial charge is 0.223 e. The van der Waals surface area contributed by atoms with E-state index in [9.17, 15) is 14.4 Å². The molecule has 0 aliphatic heterocycles. The molecule has 0 aliphatic rings. The molecule has 1 aromatic heterocycles. The van der Waals surface area contributed by atoms with Crippen LogP contribution >= 0.6 is 0 Å². The predicted molar refractivity (Wildman–Crippen MR) is 99.2 cm³/mol. The maximum Gasteiger partial charge on any atom is 0.223 e. The van der Waals surface area contributed by atoms with Crippen LogP contribution in [0.5, 0.6) is 5.75 Å². The van der Waals surface area contributed by atoms with Crippen LogP contribution in [0.1, 0.15) is 42.7 Å². The summed E-state index contributed by atoms with van der Waals surface area (Å²) < 4.78 is 5.42. The minimum atomic E-state index is -0.240. The van der Waals surface area contributed by atoms with Crippen LogP contribution in [0.15, 0.2) is 47.4 Å². The number of ketones is 1. The zero-order valence-corrected chi connectivity index (χ0v) is 15.1. The molecule has 2 rings (SSSR count). The Kier molecular flexibility index (Phi) is 7.14. The van der Waals surface area contributed by atoms with Crippen LogP contribution in [-0.2, 0) is 11.3 Å². The highest BCUT2D eigenvalue weighted by molar-refractivity contribution is 5.97. The first-order valence-electron chi connectivity index (χ1n) is 8.65. The van der Waals surface area contributed by atoms with Crippen LogP contribution in [0.2, 0.25) is 0 Å². The molecule has 2 N–H and O–H groups in total. The van der Waals surface area contributed by atoms with Gasteiger partial charge in [-0.2, -0.15) is 0 Å². The molecule has 26 heavy (non-hydrogen) atoms. The van der Waals surface area contributed by atoms with Crippen LogP contribution < -0.4 is 15.5 Å². The normalized spacial score (nSPS) is 10.6. The second-order valence-electron chi connectivity index (χ2n) is 6.46. The molecule has 0 saturated heterocycles. The molecule has 0 aliphatic carbocycles. The van der Waals surface area contributed by atoms with Crippen molar-refractivity contribution in [3.63, 3.8) is 0 Å². The number of ether oxygens (including phenoxy) is 1. The fourth-order valence-electron chi connectivity index (χ4n) is 2.25. The van der Waals surface area contributed by atoms with Crippen molar-refractivity contribution in [3.05, 3.63) is 64.1 Å². The number of hydrogen-bond acceptors (Lipinski definition) is 4. The number of rotatable bonds is 9. The molecule has 0 spiro atoms. The number of benzene rings is 1. The highest BCUT2D eigenvalue weighted by Crippen LogP contribution is 2.06. The van der Waals surface area contributed by atoms with Gasteiger partial charge in [0.25, 0.3) is 0 Å². The van der Waals surface area contributed by atoms with Gasteiger partial charge in [-0.3, -0.25) is 14.4 Å².